The van der Waals surface area contributed by atoms with Crippen LogP contribution < -0.4 is 5.32 Å². The summed E-state index contributed by atoms with van der Waals surface area (Å²) in [6.07, 6.45) is 1.06. The van der Waals surface area contributed by atoms with E-state index in [4.69, 9.17) is 5.11 Å². The number of aromatic hydroxyl groups is 1. The molecule has 0 fully saturated rings. The number of aliphatic hydroxyl groups excluding tert-OH is 1. The number of benzene rings is 1. The van der Waals surface area contributed by atoms with Crippen LogP contribution in [0.15, 0.2) is 18.2 Å². The quantitative estimate of drug-likeness (QED) is 0.562. The van der Waals surface area contributed by atoms with Crippen LogP contribution in [0.5, 0.6) is 5.75 Å². The van der Waals surface area contributed by atoms with Crippen molar-refractivity contribution in [2.75, 3.05) is 6.54 Å². The molecule has 0 aliphatic heterocycles. The van der Waals surface area contributed by atoms with Crippen LogP contribution in [0, 0.1) is 3.57 Å². The first-order valence-corrected chi connectivity index (χ1v) is 6.53. The van der Waals surface area contributed by atoms with Crippen molar-refractivity contribution in [3.05, 3.63) is 27.3 Å². The molecule has 0 saturated heterocycles. The number of halogens is 1. The van der Waals surface area contributed by atoms with Gasteiger partial charge in [0.05, 0.1) is 9.67 Å². The lowest BCUT2D eigenvalue weighted by molar-refractivity contribution is 0.0949. The molecule has 0 heterocycles. The summed E-state index contributed by atoms with van der Waals surface area (Å²) >= 11 is 2.00. The SMILES string of the molecule is CC(O)CCCNC(=O)c1ccc(I)c(O)c1. The molecule has 17 heavy (non-hydrogen) atoms. The van der Waals surface area contributed by atoms with Crippen LogP contribution in [0.1, 0.15) is 30.1 Å². The fourth-order valence-electron chi connectivity index (χ4n) is 1.36. The van der Waals surface area contributed by atoms with Gasteiger partial charge >= 0.3 is 0 Å². The number of phenols is 1. The Morgan fingerprint density at radius 2 is 2.24 bits per heavy atom. The molecule has 1 amide bonds. The van der Waals surface area contributed by atoms with Crippen molar-refractivity contribution >= 4 is 28.5 Å². The molecule has 0 spiro atoms. The predicted molar refractivity (Wildman–Crippen MR) is 74.1 cm³/mol. The van der Waals surface area contributed by atoms with Crippen LogP contribution in [0.2, 0.25) is 0 Å². The fourth-order valence-corrected chi connectivity index (χ4v) is 1.69. The minimum atomic E-state index is -0.339. The first-order valence-electron chi connectivity index (χ1n) is 5.45. The first-order chi connectivity index (χ1) is 8.00. The van der Waals surface area contributed by atoms with E-state index < -0.39 is 0 Å². The average molecular weight is 349 g/mol. The molecular weight excluding hydrogens is 333 g/mol. The third-order valence-corrected chi connectivity index (χ3v) is 3.20. The molecule has 0 aromatic heterocycles. The van der Waals surface area contributed by atoms with E-state index in [-0.39, 0.29) is 17.8 Å². The van der Waals surface area contributed by atoms with Gasteiger partial charge < -0.3 is 15.5 Å². The topological polar surface area (TPSA) is 69.6 Å². The maximum absolute atomic E-state index is 11.7. The Hall–Kier alpha value is -0.820. The van der Waals surface area contributed by atoms with Gasteiger partial charge in [-0.2, -0.15) is 0 Å². The Bertz CT molecular complexity index is 393. The summed E-state index contributed by atoms with van der Waals surface area (Å²) in [5, 5.41) is 21.3. The Balaban J connectivity index is 2.44. The van der Waals surface area contributed by atoms with Gasteiger partial charge in [0.1, 0.15) is 5.75 Å². The van der Waals surface area contributed by atoms with E-state index in [9.17, 15) is 9.90 Å². The average Bonchev–Trinajstić information content (AvgIpc) is 2.27. The highest BCUT2D eigenvalue weighted by Crippen LogP contribution is 2.20. The van der Waals surface area contributed by atoms with Crippen molar-refractivity contribution in [3.8, 4) is 5.75 Å². The van der Waals surface area contributed by atoms with E-state index in [1.807, 2.05) is 22.6 Å². The lowest BCUT2D eigenvalue weighted by Gasteiger charge is -2.07. The highest BCUT2D eigenvalue weighted by Gasteiger charge is 2.07. The summed E-state index contributed by atoms with van der Waals surface area (Å²) in [4.78, 5) is 11.7. The number of carbonyl (C=O) groups excluding carboxylic acids is 1. The molecule has 1 unspecified atom stereocenters. The second-order valence-electron chi connectivity index (χ2n) is 3.91. The van der Waals surface area contributed by atoms with E-state index in [2.05, 4.69) is 5.32 Å². The number of phenolic OH excluding ortho intramolecular Hbond substituents is 1. The van der Waals surface area contributed by atoms with Crippen LogP contribution >= 0.6 is 22.6 Å². The van der Waals surface area contributed by atoms with Crippen molar-refractivity contribution in [2.45, 2.75) is 25.9 Å². The van der Waals surface area contributed by atoms with Gasteiger partial charge in [0.2, 0.25) is 0 Å². The molecule has 1 aromatic carbocycles. The number of amides is 1. The summed E-state index contributed by atoms with van der Waals surface area (Å²) < 4.78 is 0.716. The van der Waals surface area contributed by atoms with Gasteiger partial charge in [0.15, 0.2) is 0 Å². The second-order valence-corrected chi connectivity index (χ2v) is 5.08. The van der Waals surface area contributed by atoms with Gasteiger partial charge in [0, 0.05) is 12.1 Å². The first kappa shape index (κ1) is 14.2. The second kappa shape index (κ2) is 6.80. The van der Waals surface area contributed by atoms with Crippen molar-refractivity contribution in [1.29, 1.82) is 0 Å². The minimum absolute atomic E-state index is 0.113. The van der Waals surface area contributed by atoms with Gasteiger partial charge in [-0.25, -0.2) is 0 Å². The van der Waals surface area contributed by atoms with Crippen molar-refractivity contribution < 1.29 is 15.0 Å². The standard InChI is InChI=1S/C12H16INO3/c1-8(15)3-2-6-14-12(17)9-4-5-10(13)11(16)7-9/h4-5,7-8,15-16H,2-3,6H2,1H3,(H,14,17). The van der Waals surface area contributed by atoms with Gasteiger partial charge in [-0.15, -0.1) is 0 Å². The third kappa shape index (κ3) is 4.91. The summed E-state index contributed by atoms with van der Waals surface area (Å²) in [5.74, 6) is -0.0930. The third-order valence-electron chi connectivity index (χ3n) is 2.29. The zero-order chi connectivity index (χ0) is 12.8. The summed E-state index contributed by atoms with van der Waals surface area (Å²) in [7, 11) is 0. The normalized spacial score (nSPS) is 12.2. The number of hydrogen-bond donors (Lipinski definition) is 3. The zero-order valence-electron chi connectivity index (χ0n) is 9.61. The number of carbonyl (C=O) groups is 1. The van der Waals surface area contributed by atoms with Gasteiger partial charge in [-0.1, -0.05) is 0 Å². The molecule has 5 heteroatoms. The Labute approximate surface area is 114 Å². The largest absolute Gasteiger partial charge is 0.507 e. The van der Waals surface area contributed by atoms with Crippen LogP contribution in [-0.2, 0) is 0 Å². The monoisotopic (exact) mass is 349 g/mol. The van der Waals surface area contributed by atoms with Crippen LogP contribution in [0.3, 0.4) is 0 Å². The summed E-state index contributed by atoms with van der Waals surface area (Å²) in [6.45, 7) is 2.25. The predicted octanol–water partition coefficient (Wildman–Crippen LogP) is 1.89. The highest BCUT2D eigenvalue weighted by molar-refractivity contribution is 14.1. The molecule has 0 aliphatic rings. The molecule has 1 aromatic rings. The molecule has 0 aliphatic carbocycles. The maximum atomic E-state index is 11.7. The Morgan fingerprint density at radius 1 is 1.53 bits per heavy atom. The Kier molecular flexibility index (Phi) is 5.70. The van der Waals surface area contributed by atoms with Gasteiger partial charge in [-0.05, 0) is 60.6 Å². The summed E-state index contributed by atoms with van der Waals surface area (Å²) in [5.41, 5.74) is 0.444. The highest BCUT2D eigenvalue weighted by atomic mass is 127. The van der Waals surface area contributed by atoms with Crippen LogP contribution in [0.4, 0.5) is 0 Å². The maximum Gasteiger partial charge on any atom is 0.251 e. The van der Waals surface area contributed by atoms with Crippen molar-refractivity contribution in [2.24, 2.45) is 0 Å². The number of aliphatic hydroxyl groups is 1. The molecule has 1 atom stereocenters. The summed E-state index contributed by atoms with van der Waals surface area (Å²) in [6, 6.07) is 4.82. The van der Waals surface area contributed by atoms with Gasteiger partial charge in [0.25, 0.3) is 5.91 Å². The van der Waals surface area contributed by atoms with E-state index in [1.165, 1.54) is 6.07 Å². The van der Waals surface area contributed by atoms with E-state index in [1.54, 1.807) is 19.1 Å². The van der Waals surface area contributed by atoms with E-state index in [0.29, 0.717) is 22.1 Å². The molecule has 0 bridgehead atoms. The van der Waals surface area contributed by atoms with Crippen molar-refractivity contribution in [1.82, 2.24) is 5.32 Å². The van der Waals surface area contributed by atoms with Gasteiger partial charge in [-0.3, -0.25) is 4.79 Å². The lowest BCUT2D eigenvalue weighted by Crippen LogP contribution is -2.25. The minimum Gasteiger partial charge on any atom is -0.507 e. The lowest BCUT2D eigenvalue weighted by atomic mass is 10.2. The van der Waals surface area contributed by atoms with E-state index in [0.717, 1.165) is 6.42 Å². The molecule has 0 radical (unpaired) electrons. The van der Waals surface area contributed by atoms with Crippen LogP contribution in [-0.4, -0.2) is 28.8 Å². The molecule has 4 nitrogen and oxygen atoms in total. The molecule has 94 valence electrons. The number of hydrogen-bond acceptors (Lipinski definition) is 3. The zero-order valence-corrected chi connectivity index (χ0v) is 11.8. The van der Waals surface area contributed by atoms with Crippen LogP contribution in [0.25, 0.3) is 0 Å². The molecule has 1 rings (SSSR count). The number of nitrogens with one attached hydrogen (secondary N) is 1. The molecule has 3 N–H and O–H groups in total. The number of rotatable bonds is 5. The molecule has 0 saturated carbocycles. The fraction of sp³-hybridized carbons (Fsp3) is 0.417. The van der Waals surface area contributed by atoms with Crippen molar-refractivity contribution in [3.63, 3.8) is 0 Å². The smallest absolute Gasteiger partial charge is 0.251 e. The molecular formula is C12H16INO3. The Morgan fingerprint density at radius 3 is 2.82 bits per heavy atom. The van der Waals surface area contributed by atoms with E-state index >= 15 is 0 Å².